The molecule has 0 bridgehead atoms. The van der Waals surface area contributed by atoms with Crippen molar-refractivity contribution in [1.82, 2.24) is 5.32 Å². The van der Waals surface area contributed by atoms with Gasteiger partial charge in [0, 0.05) is 5.56 Å². The van der Waals surface area contributed by atoms with E-state index in [2.05, 4.69) is 5.32 Å². The van der Waals surface area contributed by atoms with Crippen molar-refractivity contribution in [3.05, 3.63) is 58.9 Å². The van der Waals surface area contributed by atoms with Gasteiger partial charge in [0.05, 0.1) is 17.3 Å². The van der Waals surface area contributed by atoms with Gasteiger partial charge in [-0.25, -0.2) is 4.39 Å². The highest BCUT2D eigenvalue weighted by Crippen LogP contribution is 2.19. The predicted octanol–water partition coefficient (Wildman–Crippen LogP) is 2.87. The minimum Gasteiger partial charge on any atom is -0.490 e. The fourth-order valence-corrected chi connectivity index (χ4v) is 1.79. The van der Waals surface area contributed by atoms with Gasteiger partial charge in [-0.05, 0) is 30.3 Å². The number of nitrogens with two attached hydrogens (primary N) is 1. The Morgan fingerprint density at radius 2 is 2.05 bits per heavy atom. The molecule has 4 nitrogen and oxygen atoms in total. The van der Waals surface area contributed by atoms with E-state index >= 15 is 0 Å². The Labute approximate surface area is 126 Å². The lowest BCUT2D eigenvalue weighted by atomic mass is 10.2. The summed E-state index contributed by atoms with van der Waals surface area (Å²) in [5.74, 6) is -0.461. The first-order valence-electron chi connectivity index (χ1n) is 6.28. The first-order chi connectivity index (χ1) is 10.1. The number of hydrogen-bond donors (Lipinski definition) is 2. The molecule has 0 saturated heterocycles. The summed E-state index contributed by atoms with van der Waals surface area (Å²) in [5, 5.41) is 2.60. The van der Waals surface area contributed by atoms with Gasteiger partial charge in [0.25, 0.3) is 5.91 Å². The van der Waals surface area contributed by atoms with Crippen LogP contribution in [0, 0.1) is 5.82 Å². The minimum absolute atomic E-state index is 0.0190. The Kier molecular flexibility index (Phi) is 5.00. The fourth-order valence-electron chi connectivity index (χ4n) is 1.68. The fraction of sp³-hybridized carbons (Fsp3) is 0.133. The van der Waals surface area contributed by atoms with Crippen molar-refractivity contribution in [1.29, 1.82) is 0 Å². The quantitative estimate of drug-likeness (QED) is 0.659. The lowest BCUT2D eigenvalue weighted by molar-refractivity contribution is 0.0946. The Morgan fingerprint density at radius 1 is 1.29 bits per heavy atom. The predicted molar refractivity (Wildman–Crippen MR) is 80.1 cm³/mol. The van der Waals surface area contributed by atoms with Crippen LogP contribution in [0.1, 0.15) is 10.4 Å². The van der Waals surface area contributed by atoms with Crippen molar-refractivity contribution in [3.63, 3.8) is 0 Å². The Balaban J connectivity index is 1.82. The van der Waals surface area contributed by atoms with Crippen molar-refractivity contribution in [3.8, 4) is 5.75 Å². The van der Waals surface area contributed by atoms with Crippen LogP contribution < -0.4 is 15.8 Å². The number of nitrogens with one attached hydrogen (secondary N) is 1. The zero-order chi connectivity index (χ0) is 15.2. The number of ether oxygens (including phenoxy) is 1. The van der Waals surface area contributed by atoms with E-state index in [4.69, 9.17) is 22.1 Å². The van der Waals surface area contributed by atoms with E-state index in [1.807, 2.05) is 0 Å². The van der Waals surface area contributed by atoms with E-state index in [0.717, 1.165) is 6.07 Å². The van der Waals surface area contributed by atoms with Crippen LogP contribution in [-0.4, -0.2) is 19.1 Å². The maximum atomic E-state index is 13.2. The van der Waals surface area contributed by atoms with Crippen molar-refractivity contribution < 1.29 is 13.9 Å². The zero-order valence-corrected chi connectivity index (χ0v) is 11.9. The Morgan fingerprint density at radius 3 is 2.76 bits per heavy atom. The van der Waals surface area contributed by atoms with E-state index in [0.29, 0.717) is 11.4 Å². The molecule has 0 saturated carbocycles. The number of nitrogen functional groups attached to an aromatic ring is 1. The van der Waals surface area contributed by atoms with Crippen LogP contribution in [0.5, 0.6) is 5.75 Å². The SMILES string of the molecule is Nc1ccccc1OCCNC(=O)c1ccc(Cl)c(F)c1. The summed E-state index contributed by atoms with van der Waals surface area (Å²) in [6.07, 6.45) is 0. The average Bonchev–Trinajstić information content (AvgIpc) is 2.48. The summed E-state index contributed by atoms with van der Waals surface area (Å²) in [4.78, 5) is 11.8. The topological polar surface area (TPSA) is 64.3 Å². The molecule has 0 aromatic heterocycles. The van der Waals surface area contributed by atoms with Crippen LogP contribution in [0.25, 0.3) is 0 Å². The molecule has 0 fully saturated rings. The highest BCUT2D eigenvalue weighted by atomic mass is 35.5. The summed E-state index contributed by atoms with van der Waals surface area (Å²) < 4.78 is 18.7. The average molecular weight is 309 g/mol. The van der Waals surface area contributed by atoms with Crippen molar-refractivity contribution in [2.75, 3.05) is 18.9 Å². The number of halogens is 2. The molecule has 2 rings (SSSR count). The maximum absolute atomic E-state index is 13.2. The van der Waals surface area contributed by atoms with E-state index in [-0.39, 0.29) is 23.7 Å². The van der Waals surface area contributed by atoms with Crippen LogP contribution in [0.3, 0.4) is 0 Å². The van der Waals surface area contributed by atoms with Gasteiger partial charge in [0.15, 0.2) is 0 Å². The molecule has 0 atom stereocenters. The molecule has 2 aromatic carbocycles. The van der Waals surface area contributed by atoms with Gasteiger partial charge >= 0.3 is 0 Å². The molecule has 0 unspecified atom stereocenters. The number of carbonyl (C=O) groups excluding carboxylic acids is 1. The van der Waals surface area contributed by atoms with E-state index in [1.54, 1.807) is 24.3 Å². The Bertz CT molecular complexity index is 649. The van der Waals surface area contributed by atoms with Gasteiger partial charge in [-0.3, -0.25) is 4.79 Å². The monoisotopic (exact) mass is 308 g/mol. The summed E-state index contributed by atoms with van der Waals surface area (Å²) in [6, 6.07) is 11.0. The largest absolute Gasteiger partial charge is 0.490 e. The van der Waals surface area contributed by atoms with Gasteiger partial charge in [0.2, 0.25) is 0 Å². The lowest BCUT2D eigenvalue weighted by Gasteiger charge is -2.09. The van der Waals surface area contributed by atoms with Gasteiger partial charge < -0.3 is 15.8 Å². The molecule has 0 aliphatic rings. The third kappa shape index (κ3) is 4.10. The second kappa shape index (κ2) is 6.95. The molecule has 3 N–H and O–H groups in total. The molecule has 110 valence electrons. The van der Waals surface area contributed by atoms with E-state index in [1.165, 1.54) is 12.1 Å². The highest BCUT2D eigenvalue weighted by molar-refractivity contribution is 6.30. The number of amides is 1. The molecular weight excluding hydrogens is 295 g/mol. The van der Waals surface area contributed by atoms with Gasteiger partial charge in [-0.1, -0.05) is 23.7 Å². The molecule has 2 aromatic rings. The van der Waals surface area contributed by atoms with Crippen LogP contribution in [-0.2, 0) is 0 Å². The standard InChI is InChI=1S/C15H14ClFN2O2/c16-11-6-5-10(9-12(11)17)15(20)19-7-8-21-14-4-2-1-3-13(14)18/h1-6,9H,7-8,18H2,(H,19,20). The van der Waals surface area contributed by atoms with Gasteiger partial charge in [-0.2, -0.15) is 0 Å². The summed E-state index contributed by atoms with van der Waals surface area (Å²) in [6.45, 7) is 0.535. The third-order valence-corrected chi connectivity index (χ3v) is 3.05. The van der Waals surface area contributed by atoms with Crippen molar-refractivity contribution in [2.24, 2.45) is 0 Å². The first kappa shape index (κ1) is 15.1. The summed E-state index contributed by atoms with van der Waals surface area (Å²) >= 11 is 5.56. The van der Waals surface area contributed by atoms with Gasteiger partial charge in [0.1, 0.15) is 18.2 Å². The number of benzene rings is 2. The third-order valence-electron chi connectivity index (χ3n) is 2.75. The molecule has 21 heavy (non-hydrogen) atoms. The second-order valence-corrected chi connectivity index (χ2v) is 4.68. The molecular formula is C15H14ClFN2O2. The molecule has 0 radical (unpaired) electrons. The molecule has 0 aliphatic heterocycles. The molecule has 0 heterocycles. The highest BCUT2D eigenvalue weighted by Gasteiger charge is 2.08. The zero-order valence-electron chi connectivity index (χ0n) is 11.1. The van der Waals surface area contributed by atoms with Crippen LogP contribution in [0.2, 0.25) is 5.02 Å². The summed E-state index contributed by atoms with van der Waals surface area (Å²) in [5.41, 5.74) is 6.45. The minimum atomic E-state index is -0.627. The number of carbonyl (C=O) groups is 1. The maximum Gasteiger partial charge on any atom is 0.251 e. The van der Waals surface area contributed by atoms with Crippen LogP contribution >= 0.6 is 11.6 Å². The smallest absolute Gasteiger partial charge is 0.251 e. The second-order valence-electron chi connectivity index (χ2n) is 4.27. The van der Waals surface area contributed by atoms with Crippen LogP contribution in [0.4, 0.5) is 10.1 Å². The van der Waals surface area contributed by atoms with E-state index < -0.39 is 11.7 Å². The first-order valence-corrected chi connectivity index (χ1v) is 6.66. The molecule has 0 spiro atoms. The normalized spacial score (nSPS) is 10.2. The number of anilines is 1. The van der Waals surface area contributed by atoms with Crippen LogP contribution in [0.15, 0.2) is 42.5 Å². The number of rotatable bonds is 5. The van der Waals surface area contributed by atoms with Gasteiger partial charge in [-0.15, -0.1) is 0 Å². The molecule has 0 aliphatic carbocycles. The number of para-hydroxylation sites is 2. The van der Waals surface area contributed by atoms with E-state index in [9.17, 15) is 9.18 Å². The lowest BCUT2D eigenvalue weighted by Crippen LogP contribution is -2.28. The summed E-state index contributed by atoms with van der Waals surface area (Å²) in [7, 11) is 0. The molecule has 1 amide bonds. The van der Waals surface area contributed by atoms with Crippen molar-refractivity contribution in [2.45, 2.75) is 0 Å². The Hall–Kier alpha value is -2.27. The molecule has 6 heteroatoms. The number of hydrogen-bond acceptors (Lipinski definition) is 3. The van der Waals surface area contributed by atoms with Crippen molar-refractivity contribution >= 4 is 23.2 Å².